The molecule has 0 fully saturated rings. The largest absolute Gasteiger partial charge is 0.496 e. The number of nitrogens with zero attached hydrogens (tertiary/aromatic N) is 2. The Balaban J connectivity index is 2.98. The molecule has 0 aromatic carbocycles. The smallest absolute Gasteiger partial charge is 0.268 e. The van der Waals surface area contributed by atoms with E-state index in [9.17, 15) is 0 Å². The summed E-state index contributed by atoms with van der Waals surface area (Å²) in [6, 6.07) is 0. The third-order valence-electron chi connectivity index (χ3n) is 0.963. The second kappa shape index (κ2) is 2.34. The highest BCUT2D eigenvalue weighted by Gasteiger charge is 2.08. The second-order valence-electron chi connectivity index (χ2n) is 2.02. The molecule has 0 atom stereocenters. The summed E-state index contributed by atoms with van der Waals surface area (Å²) in [6.07, 6.45) is 0. The summed E-state index contributed by atoms with van der Waals surface area (Å²) in [5.41, 5.74) is 0. The summed E-state index contributed by atoms with van der Waals surface area (Å²) in [7, 11) is 3.58. The Hall–Kier alpha value is -0.970. The van der Waals surface area contributed by atoms with Gasteiger partial charge in [-0.2, -0.15) is 4.98 Å². The summed E-state index contributed by atoms with van der Waals surface area (Å²) in [5, 5.41) is 18.1. The molecule has 0 unspecified atom stereocenters. The molecule has 0 saturated carbocycles. The van der Waals surface area contributed by atoms with Crippen molar-refractivity contribution < 1.29 is 10.2 Å². The Labute approximate surface area is 62.4 Å². The molecule has 1 rings (SSSR count). The van der Waals surface area contributed by atoms with Crippen molar-refractivity contribution in [1.82, 2.24) is 4.98 Å². The van der Waals surface area contributed by atoms with Gasteiger partial charge in [-0.1, -0.05) is 11.3 Å². The number of anilines is 1. The Morgan fingerprint density at radius 1 is 1.40 bits per heavy atom. The van der Waals surface area contributed by atoms with Crippen LogP contribution in [0.1, 0.15) is 0 Å². The van der Waals surface area contributed by atoms with Crippen molar-refractivity contribution in [1.29, 1.82) is 0 Å². The molecule has 10 heavy (non-hydrogen) atoms. The summed E-state index contributed by atoms with van der Waals surface area (Å²) >= 11 is 1.04. The van der Waals surface area contributed by atoms with Gasteiger partial charge in [0.15, 0.2) is 5.13 Å². The highest BCUT2D eigenvalue weighted by atomic mass is 32.1. The first-order chi connectivity index (χ1) is 4.61. The summed E-state index contributed by atoms with van der Waals surface area (Å²) in [6.45, 7) is 0. The molecule has 56 valence electrons. The van der Waals surface area contributed by atoms with Gasteiger partial charge in [0.2, 0.25) is 5.06 Å². The average molecular weight is 160 g/mol. The number of hydrogen-bond acceptors (Lipinski definition) is 5. The van der Waals surface area contributed by atoms with Crippen LogP contribution in [0, 0.1) is 0 Å². The van der Waals surface area contributed by atoms with Crippen LogP contribution in [0.2, 0.25) is 0 Å². The highest BCUT2D eigenvalue weighted by molar-refractivity contribution is 7.17. The molecule has 0 saturated heterocycles. The minimum absolute atomic E-state index is 0.135. The van der Waals surface area contributed by atoms with Crippen LogP contribution in [0.5, 0.6) is 10.9 Å². The molecular formula is C5H8N2O2S. The number of thiazole rings is 1. The van der Waals surface area contributed by atoms with Crippen molar-refractivity contribution in [3.05, 3.63) is 0 Å². The monoisotopic (exact) mass is 160 g/mol. The summed E-state index contributed by atoms with van der Waals surface area (Å²) in [4.78, 5) is 5.37. The Bertz CT molecular complexity index is 214. The molecule has 0 bridgehead atoms. The lowest BCUT2D eigenvalue weighted by Crippen LogP contribution is -2.07. The Kier molecular flexibility index (Phi) is 1.67. The van der Waals surface area contributed by atoms with Crippen molar-refractivity contribution in [3.63, 3.8) is 0 Å². The first kappa shape index (κ1) is 7.14. The van der Waals surface area contributed by atoms with Crippen molar-refractivity contribution in [2.24, 2.45) is 0 Å². The maximum atomic E-state index is 8.87. The molecule has 0 aliphatic heterocycles. The van der Waals surface area contributed by atoms with E-state index in [0.29, 0.717) is 5.13 Å². The van der Waals surface area contributed by atoms with E-state index in [2.05, 4.69) is 4.98 Å². The van der Waals surface area contributed by atoms with Crippen LogP contribution in [0.15, 0.2) is 0 Å². The maximum Gasteiger partial charge on any atom is 0.268 e. The topological polar surface area (TPSA) is 56.6 Å². The zero-order valence-corrected chi connectivity index (χ0v) is 6.51. The lowest BCUT2D eigenvalue weighted by molar-refractivity contribution is 0.401. The molecular weight excluding hydrogens is 152 g/mol. The van der Waals surface area contributed by atoms with Gasteiger partial charge in [0.1, 0.15) is 0 Å². The van der Waals surface area contributed by atoms with E-state index in [1.165, 1.54) is 0 Å². The molecule has 0 spiro atoms. The molecule has 0 aliphatic carbocycles. The van der Waals surface area contributed by atoms with Gasteiger partial charge in [-0.15, -0.1) is 0 Å². The zero-order valence-electron chi connectivity index (χ0n) is 5.70. The lowest BCUT2D eigenvalue weighted by Gasteiger charge is -2.04. The van der Waals surface area contributed by atoms with Crippen LogP contribution in [-0.2, 0) is 0 Å². The number of rotatable bonds is 1. The molecule has 2 N–H and O–H groups in total. The molecule has 4 nitrogen and oxygen atoms in total. The lowest BCUT2D eigenvalue weighted by atomic mass is 10.8. The fourth-order valence-corrected chi connectivity index (χ4v) is 1.11. The predicted octanol–water partition coefficient (Wildman–Crippen LogP) is 0.620. The van der Waals surface area contributed by atoms with E-state index in [1.807, 2.05) is 0 Å². The zero-order chi connectivity index (χ0) is 7.72. The van der Waals surface area contributed by atoms with Crippen molar-refractivity contribution in [2.45, 2.75) is 0 Å². The van der Waals surface area contributed by atoms with E-state index in [1.54, 1.807) is 19.0 Å². The number of hydrogen-bond donors (Lipinski definition) is 2. The van der Waals surface area contributed by atoms with E-state index in [4.69, 9.17) is 10.2 Å². The quantitative estimate of drug-likeness (QED) is 0.632. The van der Waals surface area contributed by atoms with Crippen LogP contribution in [0.4, 0.5) is 5.13 Å². The molecule has 0 amide bonds. The van der Waals surface area contributed by atoms with Gasteiger partial charge in [-0.3, -0.25) is 0 Å². The molecule has 1 aromatic rings. The normalized spacial score (nSPS) is 9.80. The van der Waals surface area contributed by atoms with Gasteiger partial charge in [-0.05, 0) is 0 Å². The Morgan fingerprint density at radius 2 is 2.00 bits per heavy atom. The average Bonchev–Trinajstić information content (AvgIpc) is 2.13. The number of aromatic nitrogens is 1. The van der Waals surface area contributed by atoms with Crippen molar-refractivity contribution in [2.75, 3.05) is 19.0 Å². The van der Waals surface area contributed by atoms with Gasteiger partial charge in [0.05, 0.1) is 0 Å². The third-order valence-corrected chi connectivity index (χ3v) is 1.98. The van der Waals surface area contributed by atoms with Gasteiger partial charge < -0.3 is 15.1 Å². The Morgan fingerprint density at radius 3 is 2.20 bits per heavy atom. The molecule has 0 radical (unpaired) electrons. The first-order valence-electron chi connectivity index (χ1n) is 2.67. The minimum Gasteiger partial charge on any atom is -0.496 e. The standard InChI is InChI=1S/C5H8N2O2S/c1-7(2)5-6-3(8)4(9)10-5/h8-9H,1-2H3. The summed E-state index contributed by atoms with van der Waals surface area (Å²) in [5.74, 6) is -0.297. The van der Waals surface area contributed by atoms with Gasteiger partial charge in [0, 0.05) is 14.1 Å². The van der Waals surface area contributed by atoms with Crippen LogP contribution < -0.4 is 4.90 Å². The molecule has 1 heterocycles. The predicted molar refractivity (Wildman–Crippen MR) is 39.8 cm³/mol. The SMILES string of the molecule is CN(C)c1nc(O)c(O)s1. The van der Waals surface area contributed by atoms with Crippen LogP contribution >= 0.6 is 11.3 Å². The van der Waals surface area contributed by atoms with E-state index in [0.717, 1.165) is 11.3 Å². The van der Waals surface area contributed by atoms with Gasteiger partial charge >= 0.3 is 0 Å². The van der Waals surface area contributed by atoms with E-state index >= 15 is 0 Å². The van der Waals surface area contributed by atoms with Crippen LogP contribution in [-0.4, -0.2) is 29.3 Å². The third kappa shape index (κ3) is 1.13. The fourth-order valence-electron chi connectivity index (χ4n) is 0.485. The van der Waals surface area contributed by atoms with Crippen LogP contribution in [0.3, 0.4) is 0 Å². The van der Waals surface area contributed by atoms with Crippen molar-refractivity contribution >= 4 is 16.5 Å². The summed E-state index contributed by atoms with van der Waals surface area (Å²) < 4.78 is 0. The van der Waals surface area contributed by atoms with E-state index < -0.39 is 0 Å². The number of aromatic hydroxyl groups is 2. The molecule has 5 heteroatoms. The minimum atomic E-state index is -0.297. The first-order valence-corrected chi connectivity index (χ1v) is 3.49. The fraction of sp³-hybridized carbons (Fsp3) is 0.400. The molecule has 0 aliphatic rings. The van der Waals surface area contributed by atoms with E-state index in [-0.39, 0.29) is 10.9 Å². The van der Waals surface area contributed by atoms with Gasteiger partial charge in [0.25, 0.3) is 5.88 Å². The molecule has 1 aromatic heterocycles. The van der Waals surface area contributed by atoms with Crippen molar-refractivity contribution in [3.8, 4) is 10.9 Å². The van der Waals surface area contributed by atoms with Gasteiger partial charge in [-0.25, -0.2) is 0 Å². The maximum absolute atomic E-state index is 8.87. The highest BCUT2D eigenvalue weighted by Crippen LogP contribution is 2.35. The second-order valence-corrected chi connectivity index (χ2v) is 2.98. The van der Waals surface area contributed by atoms with Crippen LogP contribution in [0.25, 0.3) is 0 Å².